The van der Waals surface area contributed by atoms with E-state index in [1.165, 1.54) is 45.3 Å². The molecule has 0 bridgehead atoms. The highest BCUT2D eigenvalue weighted by Crippen LogP contribution is 2.30. The molecule has 0 spiro atoms. The van der Waals surface area contributed by atoms with E-state index in [1.54, 1.807) is 12.1 Å². The van der Waals surface area contributed by atoms with Crippen LogP contribution in [0.3, 0.4) is 0 Å². The van der Waals surface area contributed by atoms with Crippen LogP contribution in [0.1, 0.15) is 49.7 Å². The maximum Gasteiger partial charge on any atom is 0.422 e. The SMILES string of the molecule is COc1cc(CCC(=O)Nc2ccccc2CN(C)C2CCCCC2)ccc1OCC(F)(F)F. The zero-order valence-corrected chi connectivity index (χ0v) is 19.8. The Kier molecular flexibility index (Phi) is 9.21. The molecular formula is C26H33F3N2O3. The molecule has 186 valence electrons. The Morgan fingerprint density at radius 2 is 1.82 bits per heavy atom. The monoisotopic (exact) mass is 478 g/mol. The molecule has 0 unspecified atom stereocenters. The number of amides is 1. The summed E-state index contributed by atoms with van der Waals surface area (Å²) < 4.78 is 47.2. The van der Waals surface area contributed by atoms with E-state index in [-0.39, 0.29) is 23.8 Å². The van der Waals surface area contributed by atoms with E-state index < -0.39 is 12.8 Å². The third kappa shape index (κ3) is 7.94. The van der Waals surface area contributed by atoms with Gasteiger partial charge in [-0.25, -0.2) is 0 Å². The Labute approximate surface area is 199 Å². The zero-order valence-electron chi connectivity index (χ0n) is 19.8. The molecule has 0 saturated heterocycles. The molecule has 1 aliphatic carbocycles. The average Bonchev–Trinajstić information content (AvgIpc) is 2.83. The number of hydrogen-bond donors (Lipinski definition) is 1. The lowest BCUT2D eigenvalue weighted by Crippen LogP contribution is -2.33. The number of anilines is 1. The van der Waals surface area contributed by atoms with E-state index in [1.807, 2.05) is 24.3 Å². The van der Waals surface area contributed by atoms with Gasteiger partial charge in [0.1, 0.15) is 0 Å². The Bertz CT molecular complexity index is 943. The van der Waals surface area contributed by atoms with Crippen LogP contribution in [0.25, 0.3) is 0 Å². The maximum atomic E-state index is 12.7. The Hall–Kier alpha value is -2.74. The summed E-state index contributed by atoms with van der Waals surface area (Å²) in [6, 6.07) is 13.1. The van der Waals surface area contributed by atoms with Crippen LogP contribution in [-0.2, 0) is 17.8 Å². The van der Waals surface area contributed by atoms with Gasteiger partial charge in [0.2, 0.25) is 5.91 Å². The van der Waals surface area contributed by atoms with Crippen LogP contribution in [0, 0.1) is 0 Å². The molecular weight excluding hydrogens is 445 g/mol. The summed E-state index contributed by atoms with van der Waals surface area (Å²) in [5.41, 5.74) is 2.66. The number of methoxy groups -OCH3 is 1. The molecule has 1 saturated carbocycles. The molecule has 0 radical (unpaired) electrons. The van der Waals surface area contributed by atoms with Gasteiger partial charge >= 0.3 is 6.18 Å². The number of nitrogens with one attached hydrogen (secondary N) is 1. The van der Waals surface area contributed by atoms with Crippen LogP contribution in [0.5, 0.6) is 11.5 Å². The van der Waals surface area contributed by atoms with E-state index in [0.29, 0.717) is 12.5 Å². The van der Waals surface area contributed by atoms with Crippen LogP contribution in [0.4, 0.5) is 18.9 Å². The normalized spacial score (nSPS) is 14.8. The highest BCUT2D eigenvalue weighted by molar-refractivity contribution is 5.91. The lowest BCUT2D eigenvalue weighted by Gasteiger charge is -2.31. The standard InChI is InChI=1S/C26H33F3N2O3/c1-31(21-9-4-3-5-10-21)17-20-8-6-7-11-22(20)30-25(32)15-13-19-12-14-23(24(16-19)33-2)34-18-26(27,28)29/h6-8,11-12,14,16,21H,3-5,9-10,13,15,17-18H2,1-2H3,(H,30,32). The predicted octanol–water partition coefficient (Wildman–Crippen LogP) is 5.97. The summed E-state index contributed by atoms with van der Waals surface area (Å²) >= 11 is 0. The fraction of sp³-hybridized carbons (Fsp3) is 0.500. The fourth-order valence-electron chi connectivity index (χ4n) is 4.32. The minimum Gasteiger partial charge on any atom is -0.493 e. The van der Waals surface area contributed by atoms with Gasteiger partial charge in [-0.05, 0) is 55.6 Å². The lowest BCUT2D eigenvalue weighted by atomic mass is 9.94. The largest absolute Gasteiger partial charge is 0.493 e. The number of rotatable bonds is 10. The van der Waals surface area contributed by atoms with E-state index in [4.69, 9.17) is 9.47 Å². The van der Waals surface area contributed by atoms with Gasteiger partial charge in [-0.2, -0.15) is 13.2 Å². The van der Waals surface area contributed by atoms with Gasteiger partial charge in [-0.15, -0.1) is 0 Å². The molecule has 2 aromatic carbocycles. The highest BCUT2D eigenvalue weighted by atomic mass is 19.4. The summed E-state index contributed by atoms with van der Waals surface area (Å²) in [6.45, 7) is -0.613. The quantitative estimate of drug-likeness (QED) is 0.457. The van der Waals surface area contributed by atoms with E-state index in [9.17, 15) is 18.0 Å². The van der Waals surface area contributed by atoms with Crippen molar-refractivity contribution in [1.29, 1.82) is 0 Å². The average molecular weight is 479 g/mol. The minimum absolute atomic E-state index is 0.0176. The minimum atomic E-state index is -4.43. The van der Waals surface area contributed by atoms with Gasteiger partial charge in [-0.1, -0.05) is 43.5 Å². The number of halogens is 3. The van der Waals surface area contributed by atoms with Crippen molar-refractivity contribution >= 4 is 11.6 Å². The van der Waals surface area contributed by atoms with Crippen molar-refractivity contribution in [3.8, 4) is 11.5 Å². The zero-order chi connectivity index (χ0) is 24.6. The second-order valence-electron chi connectivity index (χ2n) is 8.80. The number of aryl methyl sites for hydroxylation is 1. The Balaban J connectivity index is 1.56. The Morgan fingerprint density at radius 3 is 2.53 bits per heavy atom. The molecule has 1 aliphatic rings. The molecule has 0 heterocycles. The van der Waals surface area contributed by atoms with Crippen molar-refractivity contribution in [2.45, 2.75) is 63.7 Å². The first-order valence-electron chi connectivity index (χ1n) is 11.7. The second-order valence-corrected chi connectivity index (χ2v) is 8.80. The third-order valence-electron chi connectivity index (χ3n) is 6.17. The van der Waals surface area contributed by atoms with Crippen LogP contribution in [-0.4, -0.2) is 43.8 Å². The van der Waals surface area contributed by atoms with Crippen molar-refractivity contribution in [2.75, 3.05) is 26.1 Å². The number of carbonyl (C=O) groups excluding carboxylic acids is 1. The number of para-hydroxylation sites is 1. The van der Waals surface area contributed by atoms with E-state index in [0.717, 1.165) is 23.4 Å². The number of alkyl halides is 3. The Morgan fingerprint density at radius 1 is 1.09 bits per heavy atom. The van der Waals surface area contributed by atoms with E-state index in [2.05, 4.69) is 17.3 Å². The number of hydrogen-bond acceptors (Lipinski definition) is 4. The van der Waals surface area contributed by atoms with Gasteiger partial charge in [0.15, 0.2) is 18.1 Å². The van der Waals surface area contributed by atoms with Crippen molar-refractivity contribution < 1.29 is 27.4 Å². The highest BCUT2D eigenvalue weighted by Gasteiger charge is 2.29. The summed E-state index contributed by atoms with van der Waals surface area (Å²) in [5.74, 6) is 0.103. The van der Waals surface area contributed by atoms with E-state index >= 15 is 0 Å². The first kappa shape index (κ1) is 25.9. The van der Waals surface area contributed by atoms with Crippen molar-refractivity contribution in [1.82, 2.24) is 4.90 Å². The molecule has 2 aromatic rings. The molecule has 0 aliphatic heterocycles. The van der Waals surface area contributed by atoms with Crippen molar-refractivity contribution in [3.05, 3.63) is 53.6 Å². The molecule has 0 aromatic heterocycles. The summed E-state index contributed by atoms with van der Waals surface area (Å²) in [6.07, 6.45) is 2.52. The number of benzene rings is 2. The van der Waals surface area contributed by atoms with Gasteiger partial charge in [0.25, 0.3) is 0 Å². The summed E-state index contributed by atoms with van der Waals surface area (Å²) in [4.78, 5) is 15.0. The predicted molar refractivity (Wildman–Crippen MR) is 126 cm³/mol. The van der Waals surface area contributed by atoms with Crippen LogP contribution < -0.4 is 14.8 Å². The van der Waals surface area contributed by atoms with Crippen LogP contribution >= 0.6 is 0 Å². The number of nitrogens with zero attached hydrogens (tertiary/aromatic N) is 1. The topological polar surface area (TPSA) is 50.8 Å². The summed E-state index contributed by atoms with van der Waals surface area (Å²) in [5, 5.41) is 3.02. The van der Waals surface area contributed by atoms with Crippen LogP contribution in [0.2, 0.25) is 0 Å². The molecule has 1 fully saturated rings. The molecule has 1 N–H and O–H groups in total. The molecule has 34 heavy (non-hydrogen) atoms. The first-order valence-corrected chi connectivity index (χ1v) is 11.7. The summed E-state index contributed by atoms with van der Waals surface area (Å²) in [7, 11) is 3.51. The molecule has 8 heteroatoms. The van der Waals surface area contributed by atoms with Crippen LogP contribution in [0.15, 0.2) is 42.5 Å². The molecule has 0 atom stereocenters. The molecule has 5 nitrogen and oxygen atoms in total. The van der Waals surface area contributed by atoms with Gasteiger partial charge in [0.05, 0.1) is 7.11 Å². The molecule has 1 amide bonds. The number of ether oxygens (including phenoxy) is 2. The van der Waals surface area contributed by atoms with Gasteiger partial charge in [-0.3, -0.25) is 9.69 Å². The maximum absolute atomic E-state index is 12.7. The smallest absolute Gasteiger partial charge is 0.422 e. The number of carbonyl (C=O) groups is 1. The molecule has 3 rings (SSSR count). The third-order valence-corrected chi connectivity index (χ3v) is 6.17. The second kappa shape index (κ2) is 12.1. The van der Waals surface area contributed by atoms with Crippen molar-refractivity contribution in [3.63, 3.8) is 0 Å². The lowest BCUT2D eigenvalue weighted by molar-refractivity contribution is -0.153. The fourth-order valence-corrected chi connectivity index (χ4v) is 4.32. The van der Waals surface area contributed by atoms with Gasteiger partial charge in [0, 0.05) is 24.7 Å². The first-order chi connectivity index (χ1) is 16.2. The van der Waals surface area contributed by atoms with Crippen molar-refractivity contribution in [2.24, 2.45) is 0 Å². The van der Waals surface area contributed by atoms with Gasteiger partial charge < -0.3 is 14.8 Å².